The predicted octanol–water partition coefficient (Wildman–Crippen LogP) is 2.30. The van der Waals surface area contributed by atoms with E-state index in [-0.39, 0.29) is 11.8 Å². The molecule has 0 heterocycles. The first-order chi connectivity index (χ1) is 5.31. The maximum Gasteiger partial charge on any atom is 0.237 e. The second kappa shape index (κ2) is 3.98. The summed E-state index contributed by atoms with van der Waals surface area (Å²) < 4.78 is 5.54. The number of isocyanates is 1. The number of nitrogens with zero attached hydrogens (tertiary/aromatic N) is 1. The van der Waals surface area contributed by atoms with Crippen LogP contribution in [0.15, 0.2) is 4.99 Å². The van der Waals surface area contributed by atoms with Gasteiger partial charge in [-0.05, 0) is 18.1 Å². The number of hydrogen-bond donors (Lipinski definition) is 0. The van der Waals surface area contributed by atoms with Crippen molar-refractivity contribution in [3.8, 4) is 0 Å². The Morgan fingerprint density at radius 2 is 1.92 bits per heavy atom. The minimum Gasteiger partial charge on any atom is -0.397 e. The van der Waals surface area contributed by atoms with Crippen LogP contribution >= 0.6 is 0 Å². The fourth-order valence-electron chi connectivity index (χ4n) is 0.437. The van der Waals surface area contributed by atoms with Crippen molar-refractivity contribution in [3.63, 3.8) is 0 Å². The van der Waals surface area contributed by atoms with Crippen LogP contribution in [0.1, 0.15) is 20.8 Å². The van der Waals surface area contributed by atoms with Crippen molar-refractivity contribution in [2.75, 3.05) is 6.73 Å². The molecule has 0 fully saturated rings. The Morgan fingerprint density at radius 3 is 2.25 bits per heavy atom. The molecular weight excluding hydrogens is 170 g/mol. The highest BCUT2D eigenvalue weighted by Crippen LogP contribution is 2.36. The quantitative estimate of drug-likeness (QED) is 0.386. The molecule has 0 unspecified atom stereocenters. The summed E-state index contributed by atoms with van der Waals surface area (Å²) in [6.45, 7) is 10.8. The van der Waals surface area contributed by atoms with Gasteiger partial charge in [-0.1, -0.05) is 20.8 Å². The summed E-state index contributed by atoms with van der Waals surface area (Å²) in [7, 11) is -1.71. The molecule has 0 bridgehead atoms. The Balaban J connectivity index is 4.13. The normalized spacial score (nSPS) is 12.4. The van der Waals surface area contributed by atoms with E-state index < -0.39 is 8.32 Å². The van der Waals surface area contributed by atoms with Crippen molar-refractivity contribution in [1.29, 1.82) is 0 Å². The molecule has 0 aliphatic carbocycles. The van der Waals surface area contributed by atoms with Crippen molar-refractivity contribution in [3.05, 3.63) is 0 Å². The fourth-order valence-corrected chi connectivity index (χ4v) is 1.26. The molecule has 0 aromatic carbocycles. The summed E-state index contributed by atoms with van der Waals surface area (Å²) in [5, 5.41) is 0.172. The highest BCUT2D eigenvalue weighted by atomic mass is 28.4. The van der Waals surface area contributed by atoms with Crippen molar-refractivity contribution >= 4 is 14.4 Å². The zero-order chi connectivity index (χ0) is 9.83. The Labute approximate surface area is 75.0 Å². The Kier molecular flexibility index (Phi) is 3.84. The maximum atomic E-state index is 9.78. The lowest BCUT2D eigenvalue weighted by Gasteiger charge is -2.35. The van der Waals surface area contributed by atoms with E-state index >= 15 is 0 Å². The molecule has 0 aromatic rings. The molecule has 12 heavy (non-hydrogen) atoms. The Morgan fingerprint density at radius 1 is 1.42 bits per heavy atom. The zero-order valence-corrected chi connectivity index (χ0v) is 9.47. The molecule has 4 heteroatoms. The topological polar surface area (TPSA) is 38.7 Å². The van der Waals surface area contributed by atoms with Crippen LogP contribution in [0.2, 0.25) is 18.1 Å². The van der Waals surface area contributed by atoms with Crippen molar-refractivity contribution in [2.45, 2.75) is 38.9 Å². The van der Waals surface area contributed by atoms with Gasteiger partial charge >= 0.3 is 0 Å². The molecule has 0 aliphatic rings. The first-order valence-electron chi connectivity index (χ1n) is 3.99. The van der Waals surface area contributed by atoms with Gasteiger partial charge in [0.1, 0.15) is 6.73 Å². The summed E-state index contributed by atoms with van der Waals surface area (Å²) >= 11 is 0. The fraction of sp³-hybridized carbons (Fsp3) is 0.875. The van der Waals surface area contributed by atoms with E-state index in [1.165, 1.54) is 6.08 Å². The van der Waals surface area contributed by atoms with Gasteiger partial charge in [0.25, 0.3) is 0 Å². The first-order valence-corrected chi connectivity index (χ1v) is 6.90. The summed E-state index contributed by atoms with van der Waals surface area (Å²) in [4.78, 5) is 13.2. The van der Waals surface area contributed by atoms with Crippen LogP contribution in [0.4, 0.5) is 0 Å². The summed E-state index contributed by atoms with van der Waals surface area (Å²) in [5.74, 6) is 0. The van der Waals surface area contributed by atoms with E-state index in [4.69, 9.17) is 4.43 Å². The summed E-state index contributed by atoms with van der Waals surface area (Å²) in [5.41, 5.74) is 0. The second-order valence-corrected chi connectivity index (χ2v) is 9.09. The van der Waals surface area contributed by atoms with Gasteiger partial charge in [-0.25, -0.2) is 4.79 Å². The van der Waals surface area contributed by atoms with E-state index in [2.05, 4.69) is 38.9 Å². The second-order valence-electron chi connectivity index (χ2n) is 4.28. The van der Waals surface area contributed by atoms with Crippen molar-refractivity contribution < 1.29 is 9.22 Å². The molecule has 0 radical (unpaired) electrons. The first kappa shape index (κ1) is 11.6. The Bertz CT molecular complexity index is 190. The zero-order valence-electron chi connectivity index (χ0n) is 8.47. The van der Waals surface area contributed by atoms with Gasteiger partial charge < -0.3 is 4.43 Å². The third-order valence-electron chi connectivity index (χ3n) is 2.36. The predicted molar refractivity (Wildman–Crippen MR) is 51.3 cm³/mol. The van der Waals surface area contributed by atoms with E-state index in [0.717, 1.165) is 0 Å². The van der Waals surface area contributed by atoms with Gasteiger partial charge in [-0.2, -0.15) is 4.99 Å². The van der Waals surface area contributed by atoms with E-state index in [0.29, 0.717) is 0 Å². The van der Waals surface area contributed by atoms with Gasteiger partial charge in [-0.15, -0.1) is 0 Å². The molecule has 0 spiro atoms. The van der Waals surface area contributed by atoms with Crippen molar-refractivity contribution in [1.82, 2.24) is 0 Å². The van der Waals surface area contributed by atoms with E-state index in [1.54, 1.807) is 0 Å². The van der Waals surface area contributed by atoms with Crippen LogP contribution in [-0.4, -0.2) is 21.1 Å². The lowest BCUT2D eigenvalue weighted by Crippen LogP contribution is -2.40. The van der Waals surface area contributed by atoms with Crippen LogP contribution in [0.25, 0.3) is 0 Å². The lowest BCUT2D eigenvalue weighted by atomic mass is 10.2. The highest BCUT2D eigenvalue weighted by Gasteiger charge is 2.36. The van der Waals surface area contributed by atoms with Gasteiger partial charge in [0.15, 0.2) is 8.32 Å². The summed E-state index contributed by atoms with van der Waals surface area (Å²) in [6, 6.07) is 0. The van der Waals surface area contributed by atoms with Gasteiger partial charge in [0.05, 0.1) is 0 Å². The highest BCUT2D eigenvalue weighted by molar-refractivity contribution is 6.74. The molecular formula is C8H17NO2Si. The van der Waals surface area contributed by atoms with E-state index in [9.17, 15) is 4.79 Å². The number of hydrogen-bond acceptors (Lipinski definition) is 3. The van der Waals surface area contributed by atoms with Crippen molar-refractivity contribution in [2.24, 2.45) is 4.99 Å². The monoisotopic (exact) mass is 187 g/mol. The Hall–Kier alpha value is -0.443. The van der Waals surface area contributed by atoms with E-state index in [1.807, 2.05) is 0 Å². The molecule has 0 aromatic heterocycles. The lowest BCUT2D eigenvalue weighted by molar-refractivity contribution is 0.299. The SMILES string of the molecule is CC(C)(C)[Si](C)(C)OCN=C=O. The average Bonchev–Trinajstić information content (AvgIpc) is 1.85. The minimum absolute atomic E-state index is 0.153. The standard InChI is InChI=1S/C8H17NO2Si/c1-8(2,3)12(4,5)11-7-9-6-10/h7H2,1-5H3. The molecule has 0 saturated carbocycles. The van der Waals surface area contributed by atoms with Crippen LogP contribution in [-0.2, 0) is 9.22 Å². The minimum atomic E-state index is -1.71. The molecule has 0 N–H and O–H groups in total. The van der Waals surface area contributed by atoms with Gasteiger partial charge in [0.2, 0.25) is 6.08 Å². The van der Waals surface area contributed by atoms with Crippen LogP contribution in [0.5, 0.6) is 0 Å². The molecule has 0 rings (SSSR count). The molecule has 70 valence electrons. The summed E-state index contributed by atoms with van der Waals surface area (Å²) in [6.07, 6.45) is 1.46. The molecule has 0 aliphatic heterocycles. The van der Waals surface area contributed by atoms with Crippen LogP contribution < -0.4 is 0 Å². The average molecular weight is 187 g/mol. The number of carbonyl (C=O) groups excluding carboxylic acids is 1. The molecule has 0 amide bonds. The molecule has 0 saturated heterocycles. The number of rotatable bonds is 3. The molecule has 3 nitrogen and oxygen atoms in total. The van der Waals surface area contributed by atoms with Gasteiger partial charge in [0, 0.05) is 0 Å². The van der Waals surface area contributed by atoms with Crippen LogP contribution in [0, 0.1) is 0 Å². The smallest absolute Gasteiger partial charge is 0.237 e. The largest absolute Gasteiger partial charge is 0.397 e. The third-order valence-corrected chi connectivity index (χ3v) is 6.82. The molecule has 0 atom stereocenters. The van der Waals surface area contributed by atoms with Gasteiger partial charge in [-0.3, -0.25) is 0 Å². The van der Waals surface area contributed by atoms with Crippen LogP contribution in [0.3, 0.4) is 0 Å². The number of aliphatic imine (C=N–C) groups is 1. The third kappa shape index (κ3) is 3.30. The maximum absolute atomic E-state index is 9.78.